The largest absolute Gasteiger partial charge is 0.399 e. The van der Waals surface area contributed by atoms with Crippen molar-refractivity contribution in [2.45, 2.75) is 74.7 Å². The molecule has 2 fully saturated rings. The molecule has 7 rings (SSSR count). The van der Waals surface area contributed by atoms with Gasteiger partial charge in [0.15, 0.2) is 17.3 Å². The minimum absolute atomic E-state index is 0.0116. The number of pyridine rings is 1. The summed E-state index contributed by atoms with van der Waals surface area (Å²) in [6, 6.07) is 6.14. The number of nitrogens with zero attached hydrogens (tertiary/aromatic N) is 5. The standard InChI is InChI=1S/C30H30F5N7O2/c31-20-4-1-3-19(24(20)32)17-6-7-21(26-37-15-23(41(26)16-17)29(10-11-29)30(33,34)35)38-27(43)40-13-8-18(9-14-40)42-22-5-2-12-36-25(22)39-28(42)44/h1-5,12,15,17-18,21H,6-11,13-14,16H2,(H,38,43)(H,36,39,44)/t17-,21-/m1/s1. The molecule has 0 radical (unpaired) electrons. The molecule has 14 heteroatoms. The van der Waals surface area contributed by atoms with E-state index < -0.39 is 41.2 Å². The van der Waals surface area contributed by atoms with Crippen LogP contribution in [0.25, 0.3) is 11.2 Å². The number of hydrogen-bond acceptors (Lipinski definition) is 4. The lowest BCUT2D eigenvalue weighted by Crippen LogP contribution is -2.46. The Bertz CT molecular complexity index is 1780. The molecule has 0 spiro atoms. The van der Waals surface area contributed by atoms with Crippen molar-refractivity contribution in [2.75, 3.05) is 13.1 Å². The second kappa shape index (κ2) is 10.4. The van der Waals surface area contributed by atoms with Crippen molar-refractivity contribution >= 4 is 17.2 Å². The number of benzene rings is 1. The molecule has 1 saturated heterocycles. The minimum atomic E-state index is -4.50. The number of aromatic nitrogens is 5. The number of amides is 2. The van der Waals surface area contributed by atoms with Crippen molar-refractivity contribution in [2.24, 2.45) is 0 Å². The van der Waals surface area contributed by atoms with E-state index in [1.807, 2.05) is 6.07 Å². The van der Waals surface area contributed by atoms with Gasteiger partial charge >= 0.3 is 17.9 Å². The Morgan fingerprint density at radius 1 is 1.02 bits per heavy atom. The third-order valence-electron chi connectivity index (χ3n) is 9.51. The number of nitrogens with one attached hydrogen (secondary N) is 2. The number of piperidine rings is 1. The van der Waals surface area contributed by atoms with Gasteiger partial charge in [-0.3, -0.25) is 9.55 Å². The first-order chi connectivity index (χ1) is 21.1. The van der Waals surface area contributed by atoms with Gasteiger partial charge in [-0.25, -0.2) is 28.3 Å². The van der Waals surface area contributed by atoms with Crippen LogP contribution in [0.3, 0.4) is 0 Å². The van der Waals surface area contributed by atoms with E-state index in [0.717, 1.165) is 6.07 Å². The molecule has 2 aliphatic heterocycles. The van der Waals surface area contributed by atoms with Gasteiger partial charge in [0.25, 0.3) is 0 Å². The third kappa shape index (κ3) is 4.65. The quantitative estimate of drug-likeness (QED) is 0.298. The van der Waals surface area contributed by atoms with Gasteiger partial charge in [-0.15, -0.1) is 0 Å². The molecule has 3 aliphatic rings. The molecule has 0 bridgehead atoms. The zero-order valence-corrected chi connectivity index (χ0v) is 23.6. The second-order valence-electron chi connectivity index (χ2n) is 12.0. The molecule has 2 atom stereocenters. The average Bonchev–Trinajstić information content (AvgIpc) is 3.66. The van der Waals surface area contributed by atoms with Gasteiger partial charge in [0, 0.05) is 44.0 Å². The number of likely N-dealkylation sites (tertiary alicyclic amines) is 1. The fourth-order valence-corrected chi connectivity index (χ4v) is 6.98. The van der Waals surface area contributed by atoms with E-state index in [9.17, 15) is 31.5 Å². The van der Waals surface area contributed by atoms with E-state index in [4.69, 9.17) is 0 Å². The van der Waals surface area contributed by atoms with E-state index in [2.05, 4.69) is 20.3 Å². The van der Waals surface area contributed by atoms with Crippen LogP contribution in [0.5, 0.6) is 0 Å². The number of hydrogen-bond donors (Lipinski definition) is 2. The summed E-state index contributed by atoms with van der Waals surface area (Å²) < 4.78 is 74.8. The Kier molecular flexibility index (Phi) is 6.77. The SMILES string of the molecule is O=C(N[C@@H]1CC[C@@H](c2cccc(F)c2F)Cn2c(C3(C(F)(F)F)CC3)cnc21)N1CCC(n2c(=O)[nH]c3ncccc32)CC1. The summed E-state index contributed by atoms with van der Waals surface area (Å²) in [6.07, 6.45) is -0.226. The Morgan fingerprint density at radius 2 is 1.80 bits per heavy atom. The Hall–Kier alpha value is -4.23. The second-order valence-corrected chi connectivity index (χ2v) is 12.0. The highest BCUT2D eigenvalue weighted by Crippen LogP contribution is 2.59. The van der Waals surface area contributed by atoms with Crippen molar-refractivity contribution < 1.29 is 26.7 Å². The van der Waals surface area contributed by atoms with Crippen LogP contribution in [0.4, 0.5) is 26.7 Å². The molecule has 2 N–H and O–H groups in total. The number of carbonyl (C=O) groups excluding carboxylic acids is 1. The molecular formula is C30H30F5N7O2. The molecule has 2 amide bonds. The number of urea groups is 1. The van der Waals surface area contributed by atoms with Crippen LogP contribution in [0.2, 0.25) is 0 Å². The van der Waals surface area contributed by atoms with Gasteiger partial charge < -0.3 is 14.8 Å². The van der Waals surface area contributed by atoms with Crippen LogP contribution >= 0.6 is 0 Å². The molecule has 0 unspecified atom stereocenters. The van der Waals surface area contributed by atoms with Crippen LogP contribution in [0, 0.1) is 11.6 Å². The molecule has 1 aromatic carbocycles. The first-order valence-electron chi connectivity index (χ1n) is 14.7. The predicted molar refractivity (Wildman–Crippen MR) is 149 cm³/mol. The summed E-state index contributed by atoms with van der Waals surface area (Å²) in [7, 11) is 0. The van der Waals surface area contributed by atoms with Gasteiger partial charge in [-0.2, -0.15) is 13.2 Å². The topological polar surface area (TPSA) is 101 Å². The summed E-state index contributed by atoms with van der Waals surface area (Å²) in [5, 5.41) is 2.97. The van der Waals surface area contributed by atoms with Crippen LogP contribution in [0.15, 0.2) is 47.5 Å². The van der Waals surface area contributed by atoms with Gasteiger partial charge in [0.1, 0.15) is 11.2 Å². The Morgan fingerprint density at radius 3 is 2.52 bits per heavy atom. The normalized spacial score (nSPS) is 22.1. The zero-order valence-electron chi connectivity index (χ0n) is 23.6. The number of halogens is 5. The average molecular weight is 616 g/mol. The van der Waals surface area contributed by atoms with Crippen LogP contribution in [0.1, 0.15) is 73.6 Å². The first-order valence-corrected chi connectivity index (χ1v) is 14.7. The van der Waals surface area contributed by atoms with E-state index in [1.54, 1.807) is 21.7 Å². The third-order valence-corrected chi connectivity index (χ3v) is 9.51. The number of aromatic amines is 1. The van der Waals surface area contributed by atoms with Crippen molar-refractivity contribution in [1.29, 1.82) is 0 Å². The van der Waals surface area contributed by atoms with Crippen LogP contribution in [-0.2, 0) is 12.0 Å². The van der Waals surface area contributed by atoms with Crippen LogP contribution < -0.4 is 11.0 Å². The maximum absolute atomic E-state index is 14.9. The summed E-state index contributed by atoms with van der Waals surface area (Å²) in [6.45, 7) is 0.696. The molecular weight excluding hydrogens is 585 g/mol. The van der Waals surface area contributed by atoms with Gasteiger partial charge in [0.2, 0.25) is 0 Å². The number of H-pyrrole nitrogens is 1. The number of carbonyl (C=O) groups is 1. The monoisotopic (exact) mass is 615 g/mol. The highest BCUT2D eigenvalue weighted by Gasteiger charge is 2.66. The van der Waals surface area contributed by atoms with E-state index in [1.165, 1.54) is 22.9 Å². The van der Waals surface area contributed by atoms with Gasteiger partial charge in [-0.05, 0) is 62.3 Å². The van der Waals surface area contributed by atoms with Crippen molar-refractivity contribution in [1.82, 2.24) is 34.3 Å². The Balaban J connectivity index is 1.13. The van der Waals surface area contributed by atoms with Gasteiger partial charge in [-0.1, -0.05) is 12.1 Å². The van der Waals surface area contributed by atoms with E-state index in [0.29, 0.717) is 43.5 Å². The lowest BCUT2D eigenvalue weighted by atomic mass is 9.92. The molecule has 44 heavy (non-hydrogen) atoms. The summed E-state index contributed by atoms with van der Waals surface area (Å²) in [4.78, 5) is 39.1. The lowest BCUT2D eigenvalue weighted by Gasteiger charge is -2.33. The molecule has 5 heterocycles. The maximum atomic E-state index is 14.9. The number of rotatable bonds is 4. The highest BCUT2D eigenvalue weighted by molar-refractivity contribution is 5.75. The number of fused-ring (bicyclic) bond motifs is 2. The Labute approximate surface area is 248 Å². The minimum Gasteiger partial charge on any atom is -0.329 e. The summed E-state index contributed by atoms with van der Waals surface area (Å²) >= 11 is 0. The summed E-state index contributed by atoms with van der Waals surface area (Å²) in [5.41, 5.74) is -1.04. The molecule has 232 valence electrons. The fourth-order valence-electron chi connectivity index (χ4n) is 6.98. The first kappa shape index (κ1) is 28.5. The molecule has 9 nitrogen and oxygen atoms in total. The maximum Gasteiger partial charge on any atom is 0.399 e. The molecule has 4 aromatic rings. The molecule has 3 aromatic heterocycles. The smallest absolute Gasteiger partial charge is 0.329 e. The molecule has 1 aliphatic carbocycles. The van der Waals surface area contributed by atoms with Crippen molar-refractivity contribution in [3.05, 3.63) is 81.9 Å². The highest BCUT2D eigenvalue weighted by atomic mass is 19.4. The van der Waals surface area contributed by atoms with Crippen LogP contribution in [-0.4, -0.2) is 54.3 Å². The van der Waals surface area contributed by atoms with E-state index >= 15 is 0 Å². The van der Waals surface area contributed by atoms with Crippen molar-refractivity contribution in [3.63, 3.8) is 0 Å². The van der Waals surface area contributed by atoms with Crippen molar-refractivity contribution in [3.8, 4) is 0 Å². The number of imidazole rings is 2. The lowest BCUT2D eigenvalue weighted by molar-refractivity contribution is -0.162. The van der Waals surface area contributed by atoms with E-state index in [-0.39, 0.29) is 54.6 Å². The molecule has 1 saturated carbocycles. The summed E-state index contributed by atoms with van der Waals surface area (Å²) in [5.74, 6) is -2.39. The predicted octanol–water partition coefficient (Wildman–Crippen LogP) is 5.46. The number of alkyl halides is 3. The van der Waals surface area contributed by atoms with Gasteiger partial charge in [0.05, 0.1) is 17.3 Å². The fraction of sp³-hybridized carbons (Fsp3) is 0.467. The zero-order chi connectivity index (χ0) is 30.8.